The summed E-state index contributed by atoms with van der Waals surface area (Å²) < 4.78 is 26.9. The number of ether oxygens (including phenoxy) is 5. The first-order chi connectivity index (χ1) is 15.1. The number of benzene rings is 3. The molecule has 6 heteroatoms. The Balaban J connectivity index is 1.70. The smallest absolute Gasteiger partial charge is 0.203 e. The maximum atomic E-state index is 12.6. The highest BCUT2D eigenvalue weighted by atomic mass is 16.5. The molecule has 0 aliphatic heterocycles. The van der Waals surface area contributed by atoms with Gasteiger partial charge in [0.2, 0.25) is 5.75 Å². The van der Waals surface area contributed by atoms with Gasteiger partial charge in [0.25, 0.3) is 0 Å². The van der Waals surface area contributed by atoms with Crippen LogP contribution in [0.3, 0.4) is 0 Å². The minimum Gasteiger partial charge on any atom is -0.497 e. The highest BCUT2D eigenvalue weighted by Gasteiger charge is 2.15. The number of methoxy groups -OCH3 is 4. The standard InChI is InChI=1S/C25H24O6/c1-27-19-10-12-21(13-11-19)31-20-8-5-17(6-9-20)7-14-22(26)18-15-23(28-2)25(30-4)24(16-18)29-3/h5-16H,1-4H3/b14-7+. The van der Waals surface area contributed by atoms with Crippen LogP contribution >= 0.6 is 0 Å². The molecule has 0 aliphatic carbocycles. The first-order valence-electron chi connectivity index (χ1n) is 9.52. The molecular weight excluding hydrogens is 396 g/mol. The second kappa shape index (κ2) is 10.2. The third kappa shape index (κ3) is 5.36. The van der Waals surface area contributed by atoms with Crippen molar-refractivity contribution in [2.24, 2.45) is 0 Å². The Kier molecular flexibility index (Phi) is 7.17. The van der Waals surface area contributed by atoms with Gasteiger partial charge in [-0.05, 0) is 60.2 Å². The van der Waals surface area contributed by atoms with Crippen LogP contribution in [0.1, 0.15) is 15.9 Å². The van der Waals surface area contributed by atoms with Crippen molar-refractivity contribution in [1.29, 1.82) is 0 Å². The van der Waals surface area contributed by atoms with E-state index in [0.717, 1.165) is 11.3 Å². The predicted molar refractivity (Wildman–Crippen MR) is 119 cm³/mol. The van der Waals surface area contributed by atoms with Gasteiger partial charge in [0, 0.05) is 5.56 Å². The lowest BCUT2D eigenvalue weighted by molar-refractivity contribution is 0.104. The second-order valence-corrected chi connectivity index (χ2v) is 6.46. The van der Waals surface area contributed by atoms with E-state index < -0.39 is 0 Å². The molecular formula is C25H24O6. The van der Waals surface area contributed by atoms with E-state index in [0.29, 0.717) is 34.3 Å². The van der Waals surface area contributed by atoms with Crippen molar-refractivity contribution in [3.8, 4) is 34.5 Å². The van der Waals surface area contributed by atoms with Crippen LogP contribution in [0.4, 0.5) is 0 Å². The third-order valence-electron chi connectivity index (χ3n) is 4.55. The van der Waals surface area contributed by atoms with Gasteiger partial charge in [-0.2, -0.15) is 0 Å². The normalized spacial score (nSPS) is 10.6. The van der Waals surface area contributed by atoms with Crippen LogP contribution in [0.15, 0.2) is 66.7 Å². The minimum atomic E-state index is -0.183. The zero-order chi connectivity index (χ0) is 22.2. The molecule has 0 aromatic heterocycles. The van der Waals surface area contributed by atoms with Gasteiger partial charge in [-0.25, -0.2) is 0 Å². The molecule has 0 unspecified atom stereocenters. The molecule has 6 nitrogen and oxygen atoms in total. The molecule has 3 rings (SSSR count). The Hall–Kier alpha value is -3.93. The van der Waals surface area contributed by atoms with E-state index in [1.54, 1.807) is 25.3 Å². The van der Waals surface area contributed by atoms with Crippen molar-refractivity contribution in [2.75, 3.05) is 28.4 Å². The van der Waals surface area contributed by atoms with Gasteiger partial charge in [-0.3, -0.25) is 4.79 Å². The summed E-state index contributed by atoms with van der Waals surface area (Å²) in [6.07, 6.45) is 3.24. The number of hydrogen-bond acceptors (Lipinski definition) is 6. The van der Waals surface area contributed by atoms with Gasteiger partial charge in [0.1, 0.15) is 17.2 Å². The number of carbonyl (C=O) groups excluding carboxylic acids is 1. The quantitative estimate of drug-likeness (QED) is 0.341. The van der Waals surface area contributed by atoms with Crippen LogP contribution < -0.4 is 23.7 Å². The monoisotopic (exact) mass is 420 g/mol. The lowest BCUT2D eigenvalue weighted by Crippen LogP contribution is -2.00. The van der Waals surface area contributed by atoms with Crippen molar-refractivity contribution in [3.63, 3.8) is 0 Å². The lowest BCUT2D eigenvalue weighted by Gasteiger charge is -2.13. The summed E-state index contributed by atoms with van der Waals surface area (Å²) in [6.45, 7) is 0. The van der Waals surface area contributed by atoms with Crippen LogP contribution in [-0.4, -0.2) is 34.2 Å². The fraction of sp³-hybridized carbons (Fsp3) is 0.160. The molecule has 3 aromatic rings. The Morgan fingerprint density at radius 2 is 1.19 bits per heavy atom. The van der Waals surface area contributed by atoms with Crippen molar-refractivity contribution in [1.82, 2.24) is 0 Å². The minimum absolute atomic E-state index is 0.183. The number of ketones is 1. The van der Waals surface area contributed by atoms with E-state index in [-0.39, 0.29) is 5.78 Å². The van der Waals surface area contributed by atoms with E-state index in [4.69, 9.17) is 23.7 Å². The van der Waals surface area contributed by atoms with Crippen molar-refractivity contribution >= 4 is 11.9 Å². The number of rotatable bonds is 9. The maximum Gasteiger partial charge on any atom is 0.203 e. The molecule has 0 fully saturated rings. The molecule has 0 atom stereocenters. The fourth-order valence-electron chi connectivity index (χ4n) is 2.92. The van der Waals surface area contributed by atoms with Gasteiger partial charge in [-0.1, -0.05) is 18.2 Å². The molecule has 0 amide bonds. The average molecular weight is 420 g/mol. The maximum absolute atomic E-state index is 12.6. The summed E-state index contributed by atoms with van der Waals surface area (Å²) in [5.41, 5.74) is 1.30. The van der Waals surface area contributed by atoms with Crippen LogP contribution in [-0.2, 0) is 0 Å². The zero-order valence-electron chi connectivity index (χ0n) is 17.9. The lowest BCUT2D eigenvalue weighted by atomic mass is 10.1. The molecule has 160 valence electrons. The molecule has 0 heterocycles. The van der Waals surface area contributed by atoms with Crippen molar-refractivity contribution in [3.05, 3.63) is 77.9 Å². The highest BCUT2D eigenvalue weighted by molar-refractivity contribution is 6.07. The topological polar surface area (TPSA) is 63.2 Å². The van der Waals surface area contributed by atoms with Gasteiger partial charge in [0.05, 0.1) is 28.4 Å². The van der Waals surface area contributed by atoms with Gasteiger partial charge in [-0.15, -0.1) is 0 Å². The van der Waals surface area contributed by atoms with Gasteiger partial charge < -0.3 is 23.7 Å². The molecule has 31 heavy (non-hydrogen) atoms. The van der Waals surface area contributed by atoms with Gasteiger partial charge >= 0.3 is 0 Å². The van der Waals surface area contributed by atoms with Crippen LogP contribution in [0.2, 0.25) is 0 Å². The average Bonchev–Trinajstić information content (AvgIpc) is 2.82. The molecule has 0 bridgehead atoms. The Labute approximate surface area is 181 Å². The van der Waals surface area contributed by atoms with Crippen LogP contribution in [0.25, 0.3) is 6.08 Å². The second-order valence-electron chi connectivity index (χ2n) is 6.46. The van der Waals surface area contributed by atoms with Crippen LogP contribution in [0, 0.1) is 0 Å². The van der Waals surface area contributed by atoms with Gasteiger partial charge in [0.15, 0.2) is 17.3 Å². The first-order valence-corrected chi connectivity index (χ1v) is 9.52. The van der Waals surface area contributed by atoms with Crippen LogP contribution in [0.5, 0.6) is 34.5 Å². The number of allylic oxidation sites excluding steroid dienone is 1. The van der Waals surface area contributed by atoms with Crippen molar-refractivity contribution in [2.45, 2.75) is 0 Å². The van der Waals surface area contributed by atoms with E-state index >= 15 is 0 Å². The first kappa shape index (κ1) is 21.8. The third-order valence-corrected chi connectivity index (χ3v) is 4.55. The Bertz CT molecular complexity index is 1030. The summed E-state index contributed by atoms with van der Waals surface area (Å²) in [5, 5.41) is 0. The Morgan fingerprint density at radius 3 is 1.68 bits per heavy atom. The summed E-state index contributed by atoms with van der Waals surface area (Å²) in [5.74, 6) is 3.29. The number of hydrogen-bond donors (Lipinski definition) is 0. The largest absolute Gasteiger partial charge is 0.497 e. The SMILES string of the molecule is COc1ccc(Oc2ccc(/C=C/C(=O)c3cc(OC)c(OC)c(OC)c3)cc2)cc1. The van der Waals surface area contributed by atoms with Crippen molar-refractivity contribution < 1.29 is 28.5 Å². The van der Waals surface area contributed by atoms with E-state index in [1.807, 2.05) is 48.5 Å². The summed E-state index contributed by atoms with van der Waals surface area (Å²) in [6, 6.07) is 18.0. The molecule has 0 N–H and O–H groups in total. The predicted octanol–water partition coefficient (Wildman–Crippen LogP) is 5.41. The molecule has 0 spiro atoms. The molecule has 0 aliphatic rings. The summed E-state index contributed by atoms with van der Waals surface area (Å²) in [4.78, 5) is 12.6. The molecule has 0 saturated heterocycles. The van der Waals surface area contributed by atoms with E-state index in [9.17, 15) is 4.79 Å². The molecule has 0 radical (unpaired) electrons. The highest BCUT2D eigenvalue weighted by Crippen LogP contribution is 2.38. The molecule has 0 saturated carbocycles. The fourth-order valence-corrected chi connectivity index (χ4v) is 2.92. The van der Waals surface area contributed by atoms with E-state index in [1.165, 1.54) is 27.4 Å². The molecule has 3 aromatic carbocycles. The summed E-state index contributed by atoms with van der Waals surface area (Å²) in [7, 11) is 6.16. The van der Waals surface area contributed by atoms with E-state index in [2.05, 4.69) is 0 Å². The number of carbonyl (C=O) groups is 1. The Morgan fingerprint density at radius 1 is 0.677 bits per heavy atom. The zero-order valence-corrected chi connectivity index (χ0v) is 17.9. The summed E-state index contributed by atoms with van der Waals surface area (Å²) >= 11 is 0.